The molecule has 1 saturated carbocycles. The van der Waals surface area contributed by atoms with Gasteiger partial charge in [-0.25, -0.2) is 0 Å². The Morgan fingerprint density at radius 3 is 2.33 bits per heavy atom. The van der Waals surface area contributed by atoms with E-state index in [9.17, 15) is 0 Å². The Hall–Kier alpha value is -0.350. The summed E-state index contributed by atoms with van der Waals surface area (Å²) in [5.74, 6) is 0.801. The van der Waals surface area contributed by atoms with Crippen molar-refractivity contribution in [2.45, 2.75) is 71.8 Å². The van der Waals surface area contributed by atoms with Crippen molar-refractivity contribution in [3.8, 4) is 0 Å². The van der Waals surface area contributed by atoms with E-state index in [-0.39, 0.29) is 5.54 Å². The van der Waals surface area contributed by atoms with Gasteiger partial charge in [0, 0.05) is 19.0 Å². The van der Waals surface area contributed by atoms with Crippen molar-refractivity contribution in [3.63, 3.8) is 0 Å². The van der Waals surface area contributed by atoms with Gasteiger partial charge in [0.2, 0.25) is 0 Å². The molecular weight excluding hydrogens is 326 g/mol. The summed E-state index contributed by atoms with van der Waals surface area (Å²) >= 11 is 3.72. The molecule has 120 valence electrons. The second kappa shape index (κ2) is 6.04. The second-order valence-electron chi connectivity index (χ2n) is 7.86. The van der Waals surface area contributed by atoms with Crippen LogP contribution in [0.1, 0.15) is 64.8 Å². The van der Waals surface area contributed by atoms with Gasteiger partial charge in [-0.05, 0) is 59.4 Å². The highest BCUT2D eigenvalue weighted by Crippen LogP contribution is 2.42. The SMILES string of the molecule is CCc1nn(C)c(CC2(N)CCC(C(C)(C)C)CC2)c1Br. The molecular formula is C17H30BrN3. The molecule has 4 heteroatoms. The maximum absolute atomic E-state index is 6.72. The van der Waals surface area contributed by atoms with Gasteiger partial charge in [0.25, 0.3) is 0 Å². The molecule has 0 unspecified atom stereocenters. The predicted octanol–water partition coefficient (Wildman–Crippen LogP) is 4.22. The molecule has 2 rings (SSSR count). The standard InChI is InChI=1S/C17H30BrN3/c1-6-13-15(18)14(21(5)20-13)11-17(19)9-7-12(8-10-17)16(2,3)4/h12H,6-11,19H2,1-5H3. The normalized spacial score (nSPS) is 27.1. The molecule has 1 heterocycles. The van der Waals surface area contributed by atoms with E-state index in [0.717, 1.165) is 41.8 Å². The Kier molecular flexibility index (Phi) is 4.89. The first-order chi connectivity index (χ1) is 9.66. The summed E-state index contributed by atoms with van der Waals surface area (Å²) in [4.78, 5) is 0. The van der Waals surface area contributed by atoms with E-state index in [1.165, 1.54) is 18.5 Å². The zero-order chi connectivity index (χ0) is 15.8. The third-order valence-corrected chi connectivity index (χ3v) is 6.14. The lowest BCUT2D eigenvalue weighted by Gasteiger charge is -2.42. The topological polar surface area (TPSA) is 43.8 Å². The monoisotopic (exact) mass is 355 g/mol. The third-order valence-electron chi connectivity index (χ3n) is 5.23. The van der Waals surface area contributed by atoms with Crippen LogP contribution in [-0.4, -0.2) is 15.3 Å². The van der Waals surface area contributed by atoms with E-state index < -0.39 is 0 Å². The van der Waals surface area contributed by atoms with E-state index in [1.807, 2.05) is 11.7 Å². The summed E-state index contributed by atoms with van der Waals surface area (Å²) in [5.41, 5.74) is 9.46. The first-order valence-electron chi connectivity index (χ1n) is 8.15. The number of rotatable bonds is 3. The maximum Gasteiger partial charge on any atom is 0.0766 e. The Balaban J connectivity index is 2.09. The molecule has 3 nitrogen and oxygen atoms in total. The molecule has 2 N–H and O–H groups in total. The molecule has 0 radical (unpaired) electrons. The molecule has 0 saturated heterocycles. The number of hydrogen-bond acceptors (Lipinski definition) is 2. The molecule has 0 spiro atoms. The minimum atomic E-state index is -0.0664. The van der Waals surface area contributed by atoms with Crippen molar-refractivity contribution >= 4 is 15.9 Å². The van der Waals surface area contributed by atoms with Gasteiger partial charge in [0.1, 0.15) is 0 Å². The Labute approximate surface area is 137 Å². The van der Waals surface area contributed by atoms with Crippen molar-refractivity contribution in [1.82, 2.24) is 9.78 Å². The Bertz CT molecular complexity index is 491. The van der Waals surface area contributed by atoms with Gasteiger partial charge in [0.05, 0.1) is 15.9 Å². The number of hydrogen-bond donors (Lipinski definition) is 1. The predicted molar refractivity (Wildman–Crippen MR) is 92.3 cm³/mol. The lowest BCUT2D eigenvalue weighted by molar-refractivity contribution is 0.133. The molecule has 0 bridgehead atoms. The molecule has 0 atom stereocenters. The van der Waals surface area contributed by atoms with Crippen LogP contribution >= 0.6 is 15.9 Å². The number of nitrogens with two attached hydrogens (primary N) is 1. The van der Waals surface area contributed by atoms with Crippen LogP contribution in [0.15, 0.2) is 4.47 Å². The van der Waals surface area contributed by atoms with Crippen molar-refractivity contribution in [2.75, 3.05) is 0 Å². The number of halogens is 1. The van der Waals surface area contributed by atoms with E-state index in [2.05, 4.69) is 48.7 Å². The minimum Gasteiger partial charge on any atom is -0.325 e. The fourth-order valence-electron chi connectivity index (χ4n) is 3.58. The summed E-state index contributed by atoms with van der Waals surface area (Å²) < 4.78 is 3.17. The highest BCUT2D eigenvalue weighted by molar-refractivity contribution is 9.10. The minimum absolute atomic E-state index is 0.0664. The molecule has 0 amide bonds. The molecule has 1 aliphatic rings. The van der Waals surface area contributed by atoms with Crippen LogP contribution in [0.4, 0.5) is 0 Å². The lowest BCUT2D eigenvalue weighted by atomic mass is 9.66. The quantitative estimate of drug-likeness (QED) is 0.881. The largest absolute Gasteiger partial charge is 0.325 e. The van der Waals surface area contributed by atoms with Crippen LogP contribution in [0.25, 0.3) is 0 Å². The number of aromatic nitrogens is 2. The Morgan fingerprint density at radius 2 is 1.90 bits per heavy atom. The van der Waals surface area contributed by atoms with Crippen molar-refractivity contribution < 1.29 is 0 Å². The van der Waals surface area contributed by atoms with Crippen LogP contribution in [0.2, 0.25) is 0 Å². The average molecular weight is 356 g/mol. The van der Waals surface area contributed by atoms with Gasteiger partial charge < -0.3 is 5.73 Å². The zero-order valence-electron chi connectivity index (χ0n) is 14.2. The highest BCUT2D eigenvalue weighted by Gasteiger charge is 2.37. The molecule has 1 aromatic rings. The fourth-order valence-corrected chi connectivity index (χ4v) is 4.34. The highest BCUT2D eigenvalue weighted by atomic mass is 79.9. The van der Waals surface area contributed by atoms with Gasteiger partial charge in [-0.15, -0.1) is 0 Å². The summed E-state index contributed by atoms with van der Waals surface area (Å²) in [7, 11) is 2.03. The van der Waals surface area contributed by atoms with E-state index in [4.69, 9.17) is 5.73 Å². The third kappa shape index (κ3) is 3.70. The van der Waals surface area contributed by atoms with Crippen LogP contribution in [-0.2, 0) is 19.9 Å². The van der Waals surface area contributed by atoms with Gasteiger partial charge in [-0.2, -0.15) is 5.10 Å². The lowest BCUT2D eigenvalue weighted by Crippen LogP contribution is -2.47. The van der Waals surface area contributed by atoms with Crippen LogP contribution < -0.4 is 5.73 Å². The zero-order valence-corrected chi connectivity index (χ0v) is 15.8. The molecule has 0 aliphatic heterocycles. The van der Waals surface area contributed by atoms with Crippen molar-refractivity contribution in [1.29, 1.82) is 0 Å². The first-order valence-corrected chi connectivity index (χ1v) is 8.95. The van der Waals surface area contributed by atoms with Gasteiger partial charge in [-0.3, -0.25) is 4.68 Å². The smallest absolute Gasteiger partial charge is 0.0766 e. The van der Waals surface area contributed by atoms with Gasteiger partial charge in [-0.1, -0.05) is 27.7 Å². The fraction of sp³-hybridized carbons (Fsp3) is 0.824. The molecule has 1 aromatic heterocycles. The van der Waals surface area contributed by atoms with Crippen molar-refractivity contribution in [2.24, 2.45) is 24.1 Å². The summed E-state index contributed by atoms with van der Waals surface area (Å²) in [6.07, 6.45) is 6.61. The second-order valence-corrected chi connectivity index (χ2v) is 8.66. The molecule has 1 fully saturated rings. The maximum atomic E-state index is 6.72. The van der Waals surface area contributed by atoms with Crippen LogP contribution in [0.3, 0.4) is 0 Å². The molecule has 0 aromatic carbocycles. The van der Waals surface area contributed by atoms with E-state index in [1.54, 1.807) is 0 Å². The van der Waals surface area contributed by atoms with E-state index >= 15 is 0 Å². The van der Waals surface area contributed by atoms with Crippen LogP contribution in [0, 0.1) is 11.3 Å². The van der Waals surface area contributed by atoms with Gasteiger partial charge >= 0.3 is 0 Å². The molecule has 1 aliphatic carbocycles. The number of nitrogens with zero attached hydrogens (tertiary/aromatic N) is 2. The molecule has 21 heavy (non-hydrogen) atoms. The van der Waals surface area contributed by atoms with Gasteiger partial charge in [0.15, 0.2) is 0 Å². The van der Waals surface area contributed by atoms with Crippen molar-refractivity contribution in [3.05, 3.63) is 15.9 Å². The average Bonchev–Trinajstić information content (AvgIpc) is 2.65. The first kappa shape index (κ1) is 17.0. The summed E-state index contributed by atoms with van der Waals surface area (Å²) in [6, 6.07) is 0. The Morgan fingerprint density at radius 1 is 1.33 bits per heavy atom. The van der Waals surface area contributed by atoms with E-state index in [0.29, 0.717) is 5.41 Å². The van der Waals surface area contributed by atoms with Crippen LogP contribution in [0.5, 0.6) is 0 Å². The summed E-state index contributed by atoms with van der Waals surface area (Å²) in [6.45, 7) is 9.20. The number of aryl methyl sites for hydroxylation is 2. The summed E-state index contributed by atoms with van der Waals surface area (Å²) in [5, 5.41) is 4.59.